The molecule has 0 atom stereocenters. The number of carbonyl (C=O) groups excluding carboxylic acids is 2. The van der Waals surface area contributed by atoms with Gasteiger partial charge in [-0.05, 0) is 30.7 Å². The van der Waals surface area contributed by atoms with E-state index in [1.807, 2.05) is 0 Å². The van der Waals surface area contributed by atoms with Crippen molar-refractivity contribution in [2.75, 3.05) is 5.32 Å². The SMILES string of the molecule is CCC(=O)Nc1cccc(/C=C/C(=O)c2c(O)cc(C)oc2=O)c1. The van der Waals surface area contributed by atoms with Gasteiger partial charge in [0.25, 0.3) is 0 Å². The molecule has 1 aromatic carbocycles. The highest BCUT2D eigenvalue weighted by molar-refractivity contribution is 6.08. The molecule has 2 rings (SSSR count). The maximum atomic E-state index is 12.1. The van der Waals surface area contributed by atoms with Crippen molar-refractivity contribution in [3.8, 4) is 5.75 Å². The van der Waals surface area contributed by atoms with E-state index in [1.165, 1.54) is 25.1 Å². The minimum atomic E-state index is -0.883. The van der Waals surface area contributed by atoms with Gasteiger partial charge in [0.15, 0.2) is 5.78 Å². The van der Waals surface area contributed by atoms with Crippen LogP contribution >= 0.6 is 0 Å². The molecule has 24 heavy (non-hydrogen) atoms. The molecule has 0 aliphatic carbocycles. The number of carbonyl (C=O) groups is 2. The number of hydrogen-bond acceptors (Lipinski definition) is 5. The molecule has 6 nitrogen and oxygen atoms in total. The third-order valence-corrected chi connectivity index (χ3v) is 3.22. The van der Waals surface area contributed by atoms with Crippen LogP contribution in [-0.4, -0.2) is 16.8 Å². The molecule has 0 spiro atoms. The van der Waals surface area contributed by atoms with Gasteiger partial charge in [0, 0.05) is 18.2 Å². The monoisotopic (exact) mass is 327 g/mol. The third kappa shape index (κ3) is 4.19. The topological polar surface area (TPSA) is 96.6 Å². The molecular formula is C18H17NO5. The average molecular weight is 327 g/mol. The number of nitrogens with one attached hydrogen (secondary N) is 1. The summed E-state index contributed by atoms with van der Waals surface area (Å²) in [5.74, 6) is -0.974. The van der Waals surface area contributed by atoms with E-state index in [4.69, 9.17) is 4.42 Å². The van der Waals surface area contributed by atoms with Crippen molar-refractivity contribution < 1.29 is 19.1 Å². The standard InChI is InChI=1S/C18H17NO5/c1-3-16(22)19-13-6-4-5-12(10-13)7-8-14(20)17-15(21)9-11(2)24-18(17)23/h4-10,21H,3H2,1-2H3,(H,19,22)/b8-7+. The third-order valence-electron chi connectivity index (χ3n) is 3.22. The highest BCUT2D eigenvalue weighted by Gasteiger charge is 2.15. The lowest BCUT2D eigenvalue weighted by atomic mass is 10.1. The number of aryl methyl sites for hydroxylation is 1. The summed E-state index contributed by atoms with van der Waals surface area (Å²) in [6.45, 7) is 3.25. The van der Waals surface area contributed by atoms with Gasteiger partial charge in [-0.15, -0.1) is 0 Å². The van der Waals surface area contributed by atoms with Crippen LogP contribution in [0.25, 0.3) is 6.08 Å². The summed E-state index contributed by atoms with van der Waals surface area (Å²) in [6.07, 6.45) is 3.02. The Morgan fingerprint density at radius 1 is 1.29 bits per heavy atom. The van der Waals surface area contributed by atoms with Gasteiger partial charge in [-0.25, -0.2) is 4.79 Å². The first kappa shape index (κ1) is 17.2. The smallest absolute Gasteiger partial charge is 0.351 e. The minimum Gasteiger partial charge on any atom is -0.507 e. The van der Waals surface area contributed by atoms with Gasteiger partial charge >= 0.3 is 5.63 Å². The molecule has 0 saturated carbocycles. The quantitative estimate of drug-likeness (QED) is 0.650. The Hall–Kier alpha value is -3.15. The molecule has 0 unspecified atom stereocenters. The Balaban J connectivity index is 2.22. The van der Waals surface area contributed by atoms with Crippen LogP contribution in [-0.2, 0) is 4.79 Å². The van der Waals surface area contributed by atoms with E-state index in [0.717, 1.165) is 0 Å². The van der Waals surface area contributed by atoms with Gasteiger partial charge in [0.05, 0.1) is 0 Å². The van der Waals surface area contributed by atoms with E-state index in [1.54, 1.807) is 31.2 Å². The zero-order chi connectivity index (χ0) is 17.7. The maximum absolute atomic E-state index is 12.1. The zero-order valence-electron chi connectivity index (χ0n) is 13.3. The fourth-order valence-electron chi connectivity index (χ4n) is 2.05. The Morgan fingerprint density at radius 2 is 2.04 bits per heavy atom. The average Bonchev–Trinajstić information content (AvgIpc) is 2.52. The number of rotatable bonds is 5. The first-order chi connectivity index (χ1) is 11.4. The summed E-state index contributed by atoms with van der Waals surface area (Å²) >= 11 is 0. The molecule has 1 heterocycles. The highest BCUT2D eigenvalue weighted by atomic mass is 16.4. The summed E-state index contributed by atoms with van der Waals surface area (Å²) < 4.78 is 4.82. The molecule has 1 aromatic heterocycles. The second-order valence-electron chi connectivity index (χ2n) is 5.13. The Bertz CT molecular complexity index is 864. The van der Waals surface area contributed by atoms with Crippen LogP contribution in [0, 0.1) is 6.92 Å². The first-order valence-corrected chi connectivity index (χ1v) is 7.36. The second-order valence-corrected chi connectivity index (χ2v) is 5.13. The molecule has 2 aromatic rings. The molecule has 0 bridgehead atoms. The van der Waals surface area contributed by atoms with Crippen LogP contribution in [0.2, 0.25) is 0 Å². The van der Waals surface area contributed by atoms with Crippen molar-refractivity contribution in [2.24, 2.45) is 0 Å². The van der Waals surface area contributed by atoms with Crippen LogP contribution in [0.1, 0.15) is 35.0 Å². The molecule has 0 saturated heterocycles. The molecule has 2 N–H and O–H groups in total. The number of amides is 1. The number of anilines is 1. The summed E-state index contributed by atoms with van der Waals surface area (Å²) in [5, 5.41) is 12.5. The molecule has 1 amide bonds. The number of hydrogen-bond donors (Lipinski definition) is 2. The predicted octanol–water partition coefficient (Wildman–Crippen LogP) is 2.90. The molecule has 0 radical (unpaired) electrons. The van der Waals surface area contributed by atoms with E-state index in [0.29, 0.717) is 17.7 Å². The van der Waals surface area contributed by atoms with Gasteiger partial charge in [-0.3, -0.25) is 9.59 Å². The van der Waals surface area contributed by atoms with Crippen molar-refractivity contribution in [1.29, 1.82) is 0 Å². The van der Waals surface area contributed by atoms with Crippen molar-refractivity contribution in [2.45, 2.75) is 20.3 Å². The van der Waals surface area contributed by atoms with Crippen LogP contribution in [0.3, 0.4) is 0 Å². The Labute approximate surface area is 138 Å². The minimum absolute atomic E-state index is 0.116. The van der Waals surface area contributed by atoms with Crippen LogP contribution in [0.15, 0.2) is 45.6 Å². The van der Waals surface area contributed by atoms with E-state index in [-0.39, 0.29) is 11.7 Å². The normalized spacial score (nSPS) is 10.8. The van der Waals surface area contributed by atoms with Crippen molar-refractivity contribution in [3.63, 3.8) is 0 Å². The van der Waals surface area contributed by atoms with Crippen molar-refractivity contribution in [3.05, 3.63) is 63.7 Å². The number of ketones is 1. The van der Waals surface area contributed by atoms with Gasteiger partial charge < -0.3 is 14.8 Å². The van der Waals surface area contributed by atoms with Crippen molar-refractivity contribution >= 4 is 23.5 Å². The lowest BCUT2D eigenvalue weighted by Gasteiger charge is -2.04. The first-order valence-electron chi connectivity index (χ1n) is 7.36. The van der Waals surface area contributed by atoms with E-state index < -0.39 is 22.7 Å². The van der Waals surface area contributed by atoms with Gasteiger partial charge in [0.1, 0.15) is 17.1 Å². The van der Waals surface area contributed by atoms with Crippen molar-refractivity contribution in [1.82, 2.24) is 0 Å². The van der Waals surface area contributed by atoms with E-state index in [2.05, 4.69) is 5.32 Å². The van der Waals surface area contributed by atoms with Gasteiger partial charge in [-0.1, -0.05) is 25.1 Å². The summed E-state index contributed by atoms with van der Waals surface area (Å²) in [5.41, 5.74) is -0.0270. The van der Waals surface area contributed by atoms with Gasteiger partial charge in [0.2, 0.25) is 5.91 Å². The van der Waals surface area contributed by atoms with Crippen LogP contribution in [0.4, 0.5) is 5.69 Å². The second kappa shape index (κ2) is 7.41. The summed E-state index contributed by atoms with van der Waals surface area (Å²) in [7, 11) is 0. The fraction of sp³-hybridized carbons (Fsp3) is 0.167. The molecular weight excluding hydrogens is 310 g/mol. The molecule has 0 fully saturated rings. The summed E-state index contributed by atoms with van der Waals surface area (Å²) in [6, 6.07) is 8.10. The van der Waals surface area contributed by atoms with E-state index in [9.17, 15) is 19.5 Å². The van der Waals surface area contributed by atoms with Gasteiger partial charge in [-0.2, -0.15) is 0 Å². The lowest BCUT2D eigenvalue weighted by molar-refractivity contribution is -0.115. The largest absolute Gasteiger partial charge is 0.507 e. The Morgan fingerprint density at radius 3 is 2.71 bits per heavy atom. The lowest BCUT2D eigenvalue weighted by Crippen LogP contribution is -2.13. The van der Waals surface area contributed by atoms with Crippen LogP contribution < -0.4 is 10.9 Å². The molecule has 0 aliphatic heterocycles. The molecule has 124 valence electrons. The van der Waals surface area contributed by atoms with E-state index >= 15 is 0 Å². The molecule has 6 heteroatoms. The zero-order valence-corrected chi connectivity index (χ0v) is 13.3. The summed E-state index contributed by atoms with van der Waals surface area (Å²) in [4.78, 5) is 35.2. The highest BCUT2D eigenvalue weighted by Crippen LogP contribution is 2.17. The number of aromatic hydroxyl groups is 1. The number of allylic oxidation sites excluding steroid dienone is 1. The maximum Gasteiger partial charge on any atom is 0.351 e. The fourth-order valence-corrected chi connectivity index (χ4v) is 2.05. The molecule has 0 aliphatic rings. The predicted molar refractivity (Wildman–Crippen MR) is 90.1 cm³/mol. The van der Waals surface area contributed by atoms with Crippen LogP contribution in [0.5, 0.6) is 5.75 Å². The number of benzene rings is 1. The Kier molecular flexibility index (Phi) is 5.31.